The summed E-state index contributed by atoms with van der Waals surface area (Å²) < 4.78 is 25.2. The first-order valence-electron chi connectivity index (χ1n) is 4.79. The van der Waals surface area contributed by atoms with Gasteiger partial charge in [0, 0.05) is 5.92 Å². The van der Waals surface area contributed by atoms with E-state index in [-0.39, 0.29) is 18.3 Å². The largest absolute Gasteiger partial charge is 0.386 e. The van der Waals surface area contributed by atoms with Gasteiger partial charge in [0.05, 0.1) is 0 Å². The number of hydrogen-bond donors (Lipinski definition) is 2. The molecule has 0 amide bonds. The molecule has 0 aromatic rings. The van der Waals surface area contributed by atoms with Crippen molar-refractivity contribution in [2.45, 2.75) is 37.4 Å². The molecular weight excluding hydrogens is 190 g/mol. The molecule has 4 atom stereocenters. The van der Waals surface area contributed by atoms with Crippen LogP contribution in [0.1, 0.15) is 19.8 Å². The molecule has 1 saturated carbocycles. The second kappa shape index (κ2) is 2.76. The number of halogens is 2. The van der Waals surface area contributed by atoms with E-state index in [1.807, 2.05) is 6.08 Å². The Morgan fingerprint density at radius 3 is 2.50 bits per heavy atom. The average molecular weight is 204 g/mol. The van der Waals surface area contributed by atoms with Crippen LogP contribution in [0.25, 0.3) is 0 Å². The predicted molar refractivity (Wildman–Crippen MR) is 46.9 cm³/mol. The van der Waals surface area contributed by atoms with E-state index < -0.39 is 17.6 Å². The van der Waals surface area contributed by atoms with Crippen LogP contribution in [0.3, 0.4) is 0 Å². The van der Waals surface area contributed by atoms with Crippen LogP contribution in [0.2, 0.25) is 0 Å². The van der Waals surface area contributed by atoms with E-state index in [9.17, 15) is 19.0 Å². The highest BCUT2D eigenvalue weighted by molar-refractivity contribution is 5.21. The second-order valence-electron chi connectivity index (χ2n) is 4.56. The summed E-state index contributed by atoms with van der Waals surface area (Å²) in [4.78, 5) is 0. The molecule has 0 aromatic heterocycles. The summed E-state index contributed by atoms with van der Waals surface area (Å²) in [5, 5.41) is 19.7. The van der Waals surface area contributed by atoms with Gasteiger partial charge < -0.3 is 10.2 Å². The number of aliphatic hydroxyl groups is 2. The summed E-state index contributed by atoms with van der Waals surface area (Å²) in [6.07, 6.45) is 1.68. The summed E-state index contributed by atoms with van der Waals surface area (Å²) in [6, 6.07) is 0. The van der Waals surface area contributed by atoms with E-state index >= 15 is 0 Å². The minimum Gasteiger partial charge on any atom is -0.386 e. The number of hydrogen-bond acceptors (Lipinski definition) is 2. The van der Waals surface area contributed by atoms with Crippen LogP contribution in [0.5, 0.6) is 0 Å². The Morgan fingerprint density at radius 2 is 2.14 bits per heavy atom. The normalized spacial score (nSPS) is 44.7. The van der Waals surface area contributed by atoms with Crippen LogP contribution in [0, 0.1) is 11.8 Å². The predicted octanol–water partition coefficient (Wildman–Crippen LogP) is 1.33. The maximum Gasteiger partial charge on any atom is 0.269 e. The van der Waals surface area contributed by atoms with Gasteiger partial charge in [0.2, 0.25) is 0 Å². The van der Waals surface area contributed by atoms with Crippen LogP contribution in [-0.2, 0) is 0 Å². The topological polar surface area (TPSA) is 40.5 Å². The molecule has 80 valence electrons. The molecule has 0 aliphatic heterocycles. The molecule has 2 aliphatic carbocycles. The Balaban J connectivity index is 2.30. The lowest BCUT2D eigenvalue weighted by Gasteiger charge is -2.42. The highest BCUT2D eigenvalue weighted by Crippen LogP contribution is 2.52. The summed E-state index contributed by atoms with van der Waals surface area (Å²) in [7, 11) is 0. The average Bonchev–Trinajstić information content (AvgIpc) is 2.63. The standard InChI is InChI=1S/C10H14F2O2/c1-9(13,8(11)12)10(14)5-6-2-3-7(10)4-6/h2-3,6-8,13-14H,4-5H2,1H3. The van der Waals surface area contributed by atoms with E-state index in [0.29, 0.717) is 6.42 Å². The lowest BCUT2D eigenvalue weighted by molar-refractivity contribution is -0.214. The summed E-state index contributed by atoms with van der Waals surface area (Å²) in [5.74, 6) is -0.174. The lowest BCUT2D eigenvalue weighted by Crippen LogP contribution is -2.59. The van der Waals surface area contributed by atoms with Gasteiger partial charge in [-0.15, -0.1) is 0 Å². The zero-order valence-electron chi connectivity index (χ0n) is 7.95. The van der Waals surface area contributed by atoms with Gasteiger partial charge in [0.15, 0.2) is 5.60 Å². The van der Waals surface area contributed by atoms with Crippen molar-refractivity contribution in [1.29, 1.82) is 0 Å². The lowest BCUT2D eigenvalue weighted by atomic mass is 9.75. The Kier molecular flexibility index (Phi) is 1.98. The Morgan fingerprint density at radius 1 is 1.50 bits per heavy atom. The highest BCUT2D eigenvalue weighted by Gasteiger charge is 2.61. The Hall–Kier alpha value is -0.480. The van der Waals surface area contributed by atoms with Gasteiger partial charge in [-0.1, -0.05) is 12.2 Å². The summed E-state index contributed by atoms with van der Waals surface area (Å²) >= 11 is 0. The van der Waals surface area contributed by atoms with Crippen molar-refractivity contribution in [2.75, 3.05) is 0 Å². The molecule has 2 rings (SSSR count). The maximum atomic E-state index is 12.6. The molecule has 2 N–H and O–H groups in total. The zero-order chi connectivity index (χ0) is 10.6. The molecule has 2 aliphatic rings. The zero-order valence-corrected chi connectivity index (χ0v) is 7.95. The Bertz CT molecular complexity index is 275. The van der Waals surface area contributed by atoms with Gasteiger partial charge in [0.1, 0.15) is 5.60 Å². The van der Waals surface area contributed by atoms with E-state index in [4.69, 9.17) is 0 Å². The van der Waals surface area contributed by atoms with Gasteiger partial charge in [0.25, 0.3) is 6.43 Å². The maximum absolute atomic E-state index is 12.6. The van der Waals surface area contributed by atoms with Crippen molar-refractivity contribution >= 4 is 0 Å². The van der Waals surface area contributed by atoms with Crippen molar-refractivity contribution in [3.05, 3.63) is 12.2 Å². The molecule has 0 heterocycles. The molecule has 2 nitrogen and oxygen atoms in total. The van der Waals surface area contributed by atoms with E-state index in [1.54, 1.807) is 6.08 Å². The number of rotatable bonds is 2. The van der Waals surface area contributed by atoms with E-state index in [1.165, 1.54) is 0 Å². The van der Waals surface area contributed by atoms with Crippen LogP contribution in [0.4, 0.5) is 8.78 Å². The first-order chi connectivity index (χ1) is 6.38. The molecule has 0 aromatic carbocycles. The smallest absolute Gasteiger partial charge is 0.269 e. The first-order valence-corrected chi connectivity index (χ1v) is 4.79. The molecule has 1 fully saturated rings. The highest BCUT2D eigenvalue weighted by atomic mass is 19.3. The third kappa shape index (κ3) is 1.07. The second-order valence-corrected chi connectivity index (χ2v) is 4.56. The monoisotopic (exact) mass is 204 g/mol. The third-order valence-corrected chi connectivity index (χ3v) is 3.66. The molecule has 4 unspecified atom stereocenters. The van der Waals surface area contributed by atoms with Crippen molar-refractivity contribution in [3.63, 3.8) is 0 Å². The molecule has 0 spiro atoms. The van der Waals surface area contributed by atoms with Gasteiger partial charge in [-0.25, -0.2) is 8.78 Å². The minimum atomic E-state index is -2.92. The number of fused-ring (bicyclic) bond motifs is 2. The fourth-order valence-electron chi connectivity index (χ4n) is 2.60. The first kappa shape index (κ1) is 10.1. The summed E-state index contributed by atoms with van der Waals surface area (Å²) in [6.45, 7) is 1.02. The summed E-state index contributed by atoms with van der Waals surface area (Å²) in [5.41, 5.74) is -3.96. The van der Waals surface area contributed by atoms with Crippen molar-refractivity contribution in [1.82, 2.24) is 0 Å². The molecule has 4 heteroatoms. The van der Waals surface area contributed by atoms with Crippen LogP contribution < -0.4 is 0 Å². The number of alkyl halides is 2. The van der Waals surface area contributed by atoms with Crippen molar-refractivity contribution in [3.8, 4) is 0 Å². The number of allylic oxidation sites excluding steroid dienone is 1. The molecule has 14 heavy (non-hydrogen) atoms. The quantitative estimate of drug-likeness (QED) is 0.666. The molecule has 0 saturated heterocycles. The van der Waals surface area contributed by atoms with Crippen molar-refractivity contribution < 1.29 is 19.0 Å². The third-order valence-electron chi connectivity index (χ3n) is 3.66. The van der Waals surface area contributed by atoms with Crippen LogP contribution in [0.15, 0.2) is 12.2 Å². The fourth-order valence-corrected chi connectivity index (χ4v) is 2.60. The fraction of sp³-hybridized carbons (Fsp3) is 0.800. The van der Waals surface area contributed by atoms with Gasteiger partial charge in [-0.05, 0) is 25.7 Å². The van der Waals surface area contributed by atoms with Gasteiger partial charge >= 0.3 is 0 Å². The van der Waals surface area contributed by atoms with Gasteiger partial charge in [-0.3, -0.25) is 0 Å². The van der Waals surface area contributed by atoms with Gasteiger partial charge in [-0.2, -0.15) is 0 Å². The molecular formula is C10H14F2O2. The molecule has 2 bridgehead atoms. The Labute approximate surface area is 81.2 Å². The van der Waals surface area contributed by atoms with Crippen LogP contribution >= 0.6 is 0 Å². The van der Waals surface area contributed by atoms with Crippen molar-refractivity contribution in [2.24, 2.45) is 11.8 Å². The van der Waals surface area contributed by atoms with Crippen LogP contribution in [-0.4, -0.2) is 27.8 Å². The SMILES string of the molecule is CC(O)(C(F)F)C1(O)CC2C=CC1C2. The van der Waals surface area contributed by atoms with E-state index in [0.717, 1.165) is 6.92 Å². The minimum absolute atomic E-state index is 0.148. The van der Waals surface area contributed by atoms with E-state index in [2.05, 4.69) is 0 Å². The molecule has 0 radical (unpaired) electrons.